The molecule has 5 aromatic carbocycles. The number of rotatable bonds is 7. The van der Waals surface area contributed by atoms with Crippen LogP contribution in [-0.2, 0) is 43.9 Å². The van der Waals surface area contributed by atoms with Crippen molar-refractivity contribution in [3.8, 4) is 17.2 Å². The summed E-state index contributed by atoms with van der Waals surface area (Å²) in [5, 5.41) is 2.32. The second-order valence-electron chi connectivity index (χ2n) is 22.1. The van der Waals surface area contributed by atoms with E-state index in [9.17, 15) is 0 Å². The van der Waals surface area contributed by atoms with Gasteiger partial charge in [-0.25, -0.2) is 4.98 Å². The quantitative estimate of drug-likeness (QED) is 0.149. The molecule has 2 aliphatic rings. The third-order valence-corrected chi connectivity index (χ3v) is 14.4. The molecule has 5 nitrogen and oxygen atoms in total. The molecule has 2 aromatic heterocycles. The average Bonchev–Trinajstić information content (AvgIpc) is 3.73. The van der Waals surface area contributed by atoms with Crippen molar-refractivity contribution in [1.29, 1.82) is 0 Å². The van der Waals surface area contributed by atoms with Crippen molar-refractivity contribution in [2.75, 3.05) is 4.90 Å². The number of hydrogen-bond donors (Lipinski definition) is 0. The van der Waals surface area contributed by atoms with Gasteiger partial charge in [0.2, 0.25) is 0 Å². The van der Waals surface area contributed by atoms with Crippen LogP contribution in [0.25, 0.3) is 27.6 Å². The molecular weight excluding hydrogens is 976 g/mol. The van der Waals surface area contributed by atoms with Gasteiger partial charge in [0, 0.05) is 34.2 Å². The third-order valence-electron chi connectivity index (χ3n) is 14.4. The van der Waals surface area contributed by atoms with Crippen molar-refractivity contribution < 1.29 is 25.8 Å². The number of ether oxygens (including phenoxy) is 1. The van der Waals surface area contributed by atoms with E-state index in [1.807, 2.05) is 6.20 Å². The van der Waals surface area contributed by atoms with Gasteiger partial charge >= 0.3 is 21.1 Å². The second kappa shape index (κ2) is 16.1. The largest absolute Gasteiger partial charge is 2.00 e. The first kappa shape index (κ1) is 46.5. The number of pyridine rings is 1. The Morgan fingerprint density at radius 3 is 1.98 bits per heavy atom. The molecule has 0 spiro atoms. The molecule has 3 heterocycles. The molecule has 0 amide bonds. The van der Waals surface area contributed by atoms with Crippen LogP contribution >= 0.6 is 0 Å². The first-order valence-corrected chi connectivity index (χ1v) is 23.3. The van der Waals surface area contributed by atoms with E-state index in [1.54, 1.807) is 0 Å². The number of aryl methyl sites for hydroxylation is 4. The zero-order valence-electron chi connectivity index (χ0n) is 41.5. The number of amidine groups is 1. The minimum atomic E-state index is -0.459. The molecule has 1 aliphatic heterocycles. The third kappa shape index (κ3) is 7.68. The Morgan fingerprint density at radius 1 is 0.692 bits per heavy atom. The molecule has 0 N–H and O–H groups in total. The number of benzene rings is 5. The van der Waals surface area contributed by atoms with Gasteiger partial charge in [-0.2, -0.15) is 5.56 Å². The molecular formula is C59H66N4OPt. The molecule has 65 heavy (non-hydrogen) atoms. The number of anilines is 1. The predicted molar refractivity (Wildman–Crippen MR) is 269 cm³/mol. The summed E-state index contributed by atoms with van der Waals surface area (Å²) in [6.45, 7) is 36.4. The molecule has 0 fully saturated rings. The van der Waals surface area contributed by atoms with E-state index < -0.39 is 11.1 Å². The molecule has 1 aliphatic carbocycles. The van der Waals surface area contributed by atoms with Crippen LogP contribution in [0.15, 0.2) is 90.1 Å². The summed E-state index contributed by atoms with van der Waals surface area (Å²) in [6.07, 6.45) is 2.82. The Kier molecular flexibility index (Phi) is 11.5. The van der Waals surface area contributed by atoms with Crippen LogP contribution in [0.5, 0.6) is 11.5 Å². The van der Waals surface area contributed by atoms with Crippen LogP contribution < -0.4 is 9.64 Å². The summed E-state index contributed by atoms with van der Waals surface area (Å²) in [5.74, 6) is 2.81. The summed E-state index contributed by atoms with van der Waals surface area (Å²) < 4.78 is 9.25. The molecule has 9 rings (SSSR count). The van der Waals surface area contributed by atoms with Gasteiger partial charge in [-0.1, -0.05) is 130 Å². The van der Waals surface area contributed by atoms with E-state index in [1.165, 1.54) is 50.0 Å². The number of nitrogens with zero attached hydrogens (tertiary/aromatic N) is 4. The summed E-state index contributed by atoms with van der Waals surface area (Å²) in [4.78, 5) is 13.6. The van der Waals surface area contributed by atoms with Gasteiger partial charge in [0.25, 0.3) is 0 Å². The van der Waals surface area contributed by atoms with Crippen LogP contribution in [0.3, 0.4) is 0 Å². The van der Waals surface area contributed by atoms with Crippen molar-refractivity contribution in [1.82, 2.24) is 9.55 Å². The molecule has 338 valence electrons. The number of fused-ring (bicyclic) bond motifs is 6. The average molecular weight is 1040 g/mol. The summed E-state index contributed by atoms with van der Waals surface area (Å²) >= 11 is 0. The Morgan fingerprint density at radius 2 is 1.34 bits per heavy atom. The molecule has 7 aromatic rings. The van der Waals surface area contributed by atoms with Gasteiger partial charge in [0.15, 0.2) is 0 Å². The van der Waals surface area contributed by atoms with Gasteiger partial charge < -0.3 is 19.2 Å². The van der Waals surface area contributed by atoms with Crippen LogP contribution in [0, 0.1) is 39.8 Å². The first-order chi connectivity index (χ1) is 30.0. The van der Waals surface area contributed by atoms with E-state index >= 15 is 0 Å². The van der Waals surface area contributed by atoms with Crippen molar-refractivity contribution in [3.05, 3.63) is 158 Å². The van der Waals surface area contributed by atoms with Crippen LogP contribution in [0.2, 0.25) is 0 Å². The zero-order valence-corrected chi connectivity index (χ0v) is 43.7. The Balaban J connectivity index is 0.00000576. The number of aliphatic imine (C=N–C) groups is 1. The standard InChI is InChI=1S/C59H66N4O.Pt/c1-34(2)47-18-17-19-48(35(3)4)53(47)63-54(61-58(15)32-41-25-38(7)39(8)26-51(41)59(58,63)16)40-27-43(57(12,13)14)29-46(28-40)64-45-23-36(5)22-44(31-45)62-52-21-20-42(56(9,10)11)30-49(52)50-24-37(6)33-60-55(50)62;/h17-27,29-30,33-35H,32H2,1-16H3;/q-2;+2/t58-,59+;/m1./s1. The van der Waals surface area contributed by atoms with E-state index in [0.717, 1.165) is 56.7 Å². The van der Waals surface area contributed by atoms with Crippen molar-refractivity contribution in [2.45, 2.75) is 151 Å². The molecule has 0 unspecified atom stereocenters. The normalized spacial score (nSPS) is 18.4. The topological polar surface area (TPSA) is 42.6 Å². The van der Waals surface area contributed by atoms with Crippen molar-refractivity contribution in [3.63, 3.8) is 0 Å². The van der Waals surface area contributed by atoms with Crippen LogP contribution in [0.1, 0.15) is 156 Å². The molecule has 6 heteroatoms. The van der Waals surface area contributed by atoms with Crippen LogP contribution in [0.4, 0.5) is 5.69 Å². The number of hydrogen-bond acceptors (Lipinski definition) is 4. The first-order valence-electron chi connectivity index (χ1n) is 23.3. The van der Waals surface area contributed by atoms with Gasteiger partial charge in [0.05, 0.1) is 22.4 Å². The molecule has 2 atom stereocenters. The molecule has 0 bridgehead atoms. The van der Waals surface area contributed by atoms with Gasteiger partial charge in [0.1, 0.15) is 5.65 Å². The van der Waals surface area contributed by atoms with E-state index in [-0.39, 0.29) is 31.9 Å². The maximum atomic E-state index is 7.02. The smallest absolute Gasteiger partial charge is 0.503 e. The van der Waals surface area contributed by atoms with Crippen molar-refractivity contribution in [2.24, 2.45) is 4.99 Å². The molecule has 0 saturated heterocycles. The predicted octanol–water partition coefficient (Wildman–Crippen LogP) is 15.1. The fourth-order valence-electron chi connectivity index (χ4n) is 10.4. The Bertz CT molecular complexity index is 3040. The second-order valence-corrected chi connectivity index (χ2v) is 22.1. The van der Waals surface area contributed by atoms with E-state index in [4.69, 9.17) is 14.7 Å². The summed E-state index contributed by atoms with van der Waals surface area (Å²) in [5.41, 5.74) is 16.7. The monoisotopic (exact) mass is 1040 g/mol. The maximum absolute atomic E-state index is 7.02. The number of para-hydroxylation sites is 1. The summed E-state index contributed by atoms with van der Waals surface area (Å²) in [6, 6.07) is 37.1. The van der Waals surface area contributed by atoms with Gasteiger partial charge in [-0.05, 0) is 126 Å². The number of aromatic nitrogens is 2. The minimum Gasteiger partial charge on any atom is -0.503 e. The SMILES string of the molecule is Cc1cc(Oc2[c-]c(C3=N[C@]4(C)Cc5cc(C)c(C)cc5[C@]4(C)N3c3c(C(C)C)cccc3C(C)C)cc(C(C)(C)C)c2)[c-]c(-n2c3ccc(C(C)(C)C)cc3c3cc(C)cnc32)c1.[Pt+2]. The maximum Gasteiger partial charge on any atom is 2.00 e. The van der Waals surface area contributed by atoms with Gasteiger partial charge in [-0.15, -0.1) is 35.4 Å². The van der Waals surface area contributed by atoms with Crippen molar-refractivity contribution >= 4 is 33.5 Å². The molecule has 0 radical (unpaired) electrons. The van der Waals surface area contributed by atoms with Gasteiger partial charge in [-0.3, -0.25) is 0 Å². The Labute approximate surface area is 403 Å². The van der Waals surface area contributed by atoms with E-state index in [2.05, 4.69) is 211 Å². The molecule has 0 saturated carbocycles. The minimum absolute atomic E-state index is 0. The fraction of sp³-hybridized carbons (Fsp3) is 0.390. The summed E-state index contributed by atoms with van der Waals surface area (Å²) in [7, 11) is 0. The van der Waals surface area contributed by atoms with E-state index in [0.29, 0.717) is 23.3 Å². The van der Waals surface area contributed by atoms with Crippen LogP contribution in [-0.4, -0.2) is 20.9 Å². The Hall–Kier alpha value is -4.99. The zero-order chi connectivity index (χ0) is 46.0. The fourth-order valence-corrected chi connectivity index (χ4v) is 10.4.